The molecule has 0 unspecified atom stereocenters. The van der Waals surface area contributed by atoms with Crippen LogP contribution in [0.4, 0.5) is 5.69 Å². The summed E-state index contributed by atoms with van der Waals surface area (Å²) in [4.78, 5) is 16.1. The Morgan fingerprint density at radius 3 is 2.59 bits per heavy atom. The first-order chi connectivity index (χ1) is 15.5. The van der Waals surface area contributed by atoms with Gasteiger partial charge in [0.1, 0.15) is 0 Å². The van der Waals surface area contributed by atoms with Gasteiger partial charge in [-0.25, -0.2) is 8.42 Å². The Hall–Kier alpha value is -3.04. The Morgan fingerprint density at radius 2 is 1.78 bits per heavy atom. The van der Waals surface area contributed by atoms with Crippen LogP contribution in [-0.2, 0) is 23.0 Å². The minimum absolute atomic E-state index is 0.0563. The predicted molar refractivity (Wildman–Crippen MR) is 122 cm³/mol. The quantitative estimate of drug-likeness (QED) is 0.625. The molecule has 0 fully saturated rings. The zero-order valence-electron chi connectivity index (χ0n) is 17.2. The number of benzene rings is 2. The molecule has 9 heteroatoms. The number of amides is 1. The summed E-state index contributed by atoms with van der Waals surface area (Å²) in [6.07, 6.45) is 1.61. The second-order valence-corrected chi connectivity index (χ2v) is 10.4. The Balaban J connectivity index is 1.29. The van der Waals surface area contributed by atoms with Gasteiger partial charge in [-0.15, -0.1) is 11.3 Å². The van der Waals surface area contributed by atoms with Crippen molar-refractivity contribution in [3.8, 4) is 11.5 Å². The van der Waals surface area contributed by atoms with Gasteiger partial charge in [0.05, 0.1) is 18.1 Å². The van der Waals surface area contributed by atoms with Crippen molar-refractivity contribution in [1.29, 1.82) is 0 Å². The Morgan fingerprint density at radius 1 is 1.00 bits per heavy atom. The first kappa shape index (κ1) is 20.8. The standard InChI is InChI=1S/C23H22N2O5S2/c26-23(25-10-8-22-17(15-25)9-13-31-22)16-2-4-18(5-3-16)24-32(27,28)19-6-7-20-21(14-19)30-12-1-11-29-20/h2-7,9,13-14,24H,1,8,10-12,15H2. The lowest BCUT2D eigenvalue weighted by Gasteiger charge is -2.27. The minimum atomic E-state index is -3.82. The van der Waals surface area contributed by atoms with Crippen molar-refractivity contribution >= 4 is 33.0 Å². The summed E-state index contributed by atoms with van der Waals surface area (Å²) in [5, 5.41) is 2.06. The average Bonchev–Trinajstić information content (AvgIpc) is 3.14. The third-order valence-corrected chi connectivity index (χ3v) is 7.91. The summed E-state index contributed by atoms with van der Waals surface area (Å²) in [5.41, 5.74) is 2.11. The number of sulfonamides is 1. The summed E-state index contributed by atoms with van der Waals surface area (Å²) in [5.74, 6) is 0.900. The summed E-state index contributed by atoms with van der Waals surface area (Å²) >= 11 is 1.73. The molecule has 3 heterocycles. The smallest absolute Gasteiger partial charge is 0.262 e. The highest BCUT2D eigenvalue weighted by atomic mass is 32.2. The first-order valence-electron chi connectivity index (χ1n) is 10.4. The second-order valence-electron chi connectivity index (χ2n) is 7.69. The molecule has 0 spiro atoms. The molecule has 0 aliphatic carbocycles. The Bertz CT molecular complexity index is 1250. The topological polar surface area (TPSA) is 84.9 Å². The molecular weight excluding hydrogens is 448 g/mol. The molecule has 0 bridgehead atoms. The van der Waals surface area contributed by atoms with Gasteiger partial charge in [0.15, 0.2) is 11.5 Å². The fraction of sp³-hybridized carbons (Fsp3) is 0.261. The van der Waals surface area contributed by atoms with E-state index in [1.807, 2.05) is 4.90 Å². The number of ether oxygens (including phenoxy) is 2. The molecule has 0 atom stereocenters. The molecule has 0 radical (unpaired) electrons. The van der Waals surface area contributed by atoms with Gasteiger partial charge in [-0.3, -0.25) is 9.52 Å². The van der Waals surface area contributed by atoms with E-state index in [0.29, 0.717) is 49.1 Å². The average molecular weight is 471 g/mol. The Labute approximate surface area is 190 Å². The highest BCUT2D eigenvalue weighted by Crippen LogP contribution is 2.32. The van der Waals surface area contributed by atoms with Crippen molar-refractivity contribution in [2.24, 2.45) is 0 Å². The van der Waals surface area contributed by atoms with Crippen molar-refractivity contribution in [3.63, 3.8) is 0 Å². The van der Waals surface area contributed by atoms with Crippen molar-refractivity contribution in [2.45, 2.75) is 24.3 Å². The van der Waals surface area contributed by atoms with Crippen LogP contribution in [0, 0.1) is 0 Å². The van der Waals surface area contributed by atoms with Gasteiger partial charge in [-0.05, 0) is 59.8 Å². The third-order valence-electron chi connectivity index (χ3n) is 5.51. The monoisotopic (exact) mass is 470 g/mol. The SMILES string of the molecule is O=C(c1ccc(NS(=O)(=O)c2ccc3c(c2)OCCCO3)cc1)N1CCc2sccc2C1. The van der Waals surface area contributed by atoms with Crippen LogP contribution in [0.2, 0.25) is 0 Å². The number of thiophene rings is 1. The molecule has 2 aromatic carbocycles. The van der Waals surface area contributed by atoms with Gasteiger partial charge >= 0.3 is 0 Å². The van der Waals surface area contributed by atoms with Crippen LogP contribution >= 0.6 is 11.3 Å². The number of hydrogen-bond acceptors (Lipinski definition) is 6. The van der Waals surface area contributed by atoms with Gasteiger partial charge in [0.25, 0.3) is 15.9 Å². The lowest BCUT2D eigenvalue weighted by Crippen LogP contribution is -2.35. The molecule has 1 amide bonds. The van der Waals surface area contributed by atoms with Gasteiger partial charge in [0, 0.05) is 41.7 Å². The van der Waals surface area contributed by atoms with Crippen molar-refractivity contribution < 1.29 is 22.7 Å². The second kappa shape index (κ2) is 8.48. The number of carbonyl (C=O) groups excluding carboxylic acids is 1. The maximum atomic E-state index is 12.9. The highest BCUT2D eigenvalue weighted by Gasteiger charge is 2.23. The van der Waals surface area contributed by atoms with E-state index < -0.39 is 10.0 Å². The van der Waals surface area contributed by atoms with E-state index in [1.54, 1.807) is 41.7 Å². The lowest BCUT2D eigenvalue weighted by molar-refractivity contribution is 0.0736. The molecule has 3 aromatic rings. The van der Waals surface area contributed by atoms with Crippen LogP contribution in [-0.4, -0.2) is 39.0 Å². The number of hydrogen-bond donors (Lipinski definition) is 1. The number of nitrogens with zero attached hydrogens (tertiary/aromatic N) is 1. The van der Waals surface area contributed by atoms with E-state index in [2.05, 4.69) is 16.2 Å². The van der Waals surface area contributed by atoms with Crippen LogP contribution in [0.3, 0.4) is 0 Å². The van der Waals surface area contributed by atoms with E-state index in [4.69, 9.17) is 9.47 Å². The molecule has 32 heavy (non-hydrogen) atoms. The van der Waals surface area contributed by atoms with Crippen molar-refractivity contribution in [3.05, 3.63) is 69.9 Å². The molecule has 0 saturated heterocycles. The number of rotatable bonds is 4. The largest absolute Gasteiger partial charge is 0.490 e. The van der Waals surface area contributed by atoms with Crippen molar-refractivity contribution in [2.75, 3.05) is 24.5 Å². The van der Waals surface area contributed by atoms with Crippen LogP contribution in [0.5, 0.6) is 11.5 Å². The molecule has 1 N–H and O–H groups in total. The van der Waals surface area contributed by atoms with E-state index in [-0.39, 0.29) is 10.8 Å². The third kappa shape index (κ3) is 4.18. The summed E-state index contributed by atoms with van der Waals surface area (Å²) < 4.78 is 39.4. The first-order valence-corrected chi connectivity index (χ1v) is 12.7. The maximum absolute atomic E-state index is 12.9. The van der Waals surface area contributed by atoms with Crippen LogP contribution < -0.4 is 14.2 Å². The maximum Gasteiger partial charge on any atom is 0.262 e. The zero-order valence-corrected chi connectivity index (χ0v) is 18.9. The van der Waals surface area contributed by atoms with Gasteiger partial charge in [0.2, 0.25) is 0 Å². The molecular formula is C23H22N2O5S2. The fourth-order valence-corrected chi connectivity index (χ4v) is 5.77. The molecule has 0 saturated carbocycles. The molecule has 7 nitrogen and oxygen atoms in total. The number of fused-ring (bicyclic) bond motifs is 2. The number of anilines is 1. The van der Waals surface area contributed by atoms with Gasteiger partial charge in [-0.1, -0.05) is 0 Å². The normalized spacial score (nSPS) is 15.6. The zero-order chi connectivity index (χ0) is 22.1. The highest BCUT2D eigenvalue weighted by molar-refractivity contribution is 7.92. The number of carbonyl (C=O) groups is 1. The van der Waals surface area contributed by atoms with Crippen molar-refractivity contribution in [1.82, 2.24) is 4.90 Å². The predicted octanol–water partition coefficient (Wildman–Crippen LogP) is 3.91. The molecule has 2 aliphatic rings. The van der Waals surface area contributed by atoms with Crippen LogP contribution in [0.1, 0.15) is 27.2 Å². The van der Waals surface area contributed by atoms with Crippen LogP contribution in [0.15, 0.2) is 58.8 Å². The van der Waals surface area contributed by atoms with E-state index >= 15 is 0 Å². The van der Waals surface area contributed by atoms with Gasteiger partial charge in [-0.2, -0.15) is 0 Å². The van der Waals surface area contributed by atoms with E-state index in [1.165, 1.54) is 22.6 Å². The Kier molecular flexibility index (Phi) is 5.52. The van der Waals surface area contributed by atoms with Gasteiger partial charge < -0.3 is 14.4 Å². The summed E-state index contributed by atoms with van der Waals surface area (Å²) in [6, 6.07) is 13.1. The molecule has 5 rings (SSSR count). The van der Waals surface area contributed by atoms with E-state index in [0.717, 1.165) is 12.8 Å². The fourth-order valence-electron chi connectivity index (χ4n) is 3.81. The summed E-state index contributed by atoms with van der Waals surface area (Å²) in [6.45, 7) is 2.30. The molecule has 166 valence electrons. The van der Waals surface area contributed by atoms with E-state index in [9.17, 15) is 13.2 Å². The molecule has 1 aromatic heterocycles. The molecule has 2 aliphatic heterocycles. The lowest BCUT2D eigenvalue weighted by atomic mass is 10.1. The summed E-state index contributed by atoms with van der Waals surface area (Å²) in [7, 11) is -3.82. The minimum Gasteiger partial charge on any atom is -0.490 e. The van der Waals surface area contributed by atoms with Crippen LogP contribution in [0.25, 0.3) is 0 Å². The number of nitrogens with one attached hydrogen (secondary N) is 1.